The first-order valence-corrected chi connectivity index (χ1v) is 18.1. The maximum atomic E-state index is 15.0. The van der Waals surface area contributed by atoms with Gasteiger partial charge in [0.1, 0.15) is 17.6 Å². The quantitative estimate of drug-likeness (QED) is 0.249. The fourth-order valence-corrected chi connectivity index (χ4v) is 8.39. The summed E-state index contributed by atoms with van der Waals surface area (Å²) < 4.78 is 25.0. The molecule has 0 amide bonds. The van der Waals surface area contributed by atoms with E-state index in [0.717, 1.165) is 0 Å². The lowest BCUT2D eigenvalue weighted by atomic mass is 9.74. The lowest BCUT2D eigenvalue weighted by molar-refractivity contribution is -0.201. The number of carbonyl (C=O) groups excluding carboxylic acids is 3. The van der Waals surface area contributed by atoms with Crippen molar-refractivity contribution in [2.75, 3.05) is 28.2 Å². The molecule has 8 unspecified atom stereocenters. The standard InChI is InChI=1S/C41H50N2O10/c1-12-18(2)28-16-27(45)31-19(3)13-25-33(39(31)53-28)38(49)34-32(37(25)48)23(29-15-26(42(8)9)35(46)20(4)50-29)14-24(36(34)47)30-17-41(7,43(10)11)40(21(5)51-30)52-22(6)44/h12-14,16,20-21,26,29-30,35,40,46-47H,15,17H2,1-11H3/b18-12+. The zero-order chi connectivity index (χ0) is 39.0. The molecule has 2 N–H and O–H groups in total. The number of ether oxygens (including phenoxy) is 3. The third-order valence-corrected chi connectivity index (χ3v) is 11.7. The molecule has 6 rings (SSSR count). The molecule has 3 aliphatic rings. The first-order chi connectivity index (χ1) is 24.8. The van der Waals surface area contributed by atoms with Crippen LogP contribution in [0.5, 0.6) is 5.75 Å². The Morgan fingerprint density at radius 3 is 2.21 bits per heavy atom. The molecule has 1 aromatic heterocycles. The molecule has 0 radical (unpaired) electrons. The molecule has 2 aliphatic heterocycles. The molecule has 284 valence electrons. The molecule has 2 saturated heterocycles. The number of phenolic OH excluding ortho intramolecular Hbond substituents is 1. The Morgan fingerprint density at radius 2 is 1.60 bits per heavy atom. The Bertz CT molecular complexity index is 2120. The van der Waals surface area contributed by atoms with E-state index in [0.29, 0.717) is 16.7 Å². The molecule has 0 saturated carbocycles. The van der Waals surface area contributed by atoms with Gasteiger partial charge in [-0.15, -0.1) is 0 Å². The van der Waals surface area contributed by atoms with Crippen molar-refractivity contribution in [2.24, 2.45) is 0 Å². The van der Waals surface area contributed by atoms with Crippen LogP contribution in [-0.2, 0) is 19.0 Å². The number of aliphatic hydroxyl groups excluding tert-OH is 1. The lowest BCUT2D eigenvalue weighted by Crippen LogP contribution is -2.61. The molecule has 0 bridgehead atoms. The molecule has 8 atom stereocenters. The number of benzene rings is 2. The number of likely N-dealkylation sites (N-methyl/N-ethyl adjacent to an activating group) is 2. The number of fused-ring (bicyclic) bond motifs is 4. The van der Waals surface area contributed by atoms with Crippen LogP contribution < -0.4 is 5.43 Å². The summed E-state index contributed by atoms with van der Waals surface area (Å²) in [6, 6.07) is 4.25. The van der Waals surface area contributed by atoms with E-state index in [-0.39, 0.29) is 68.9 Å². The number of aromatic hydroxyl groups is 1. The van der Waals surface area contributed by atoms with E-state index in [1.165, 1.54) is 19.1 Å². The maximum absolute atomic E-state index is 15.0. The number of rotatable bonds is 6. The molecule has 12 nitrogen and oxygen atoms in total. The molecule has 2 fully saturated rings. The van der Waals surface area contributed by atoms with Gasteiger partial charge in [0.2, 0.25) is 5.78 Å². The summed E-state index contributed by atoms with van der Waals surface area (Å²) in [7, 11) is 7.46. The number of phenols is 1. The van der Waals surface area contributed by atoms with E-state index >= 15 is 4.79 Å². The highest BCUT2D eigenvalue weighted by molar-refractivity contribution is 6.33. The fraction of sp³-hybridized carbons (Fsp3) is 0.512. The van der Waals surface area contributed by atoms with Gasteiger partial charge in [-0.2, -0.15) is 0 Å². The smallest absolute Gasteiger partial charge is 0.303 e. The minimum atomic E-state index is -0.819. The summed E-state index contributed by atoms with van der Waals surface area (Å²) in [5.74, 6) is -1.83. The Hall–Kier alpha value is -4.20. The van der Waals surface area contributed by atoms with Gasteiger partial charge in [-0.05, 0) is 111 Å². The number of carbonyl (C=O) groups is 3. The summed E-state index contributed by atoms with van der Waals surface area (Å²) in [5.41, 5.74) is 0.343. The minimum absolute atomic E-state index is 0.00579. The van der Waals surface area contributed by atoms with Crippen LogP contribution in [-0.4, -0.2) is 102 Å². The molecule has 1 aliphatic carbocycles. The van der Waals surface area contributed by atoms with Gasteiger partial charge in [-0.3, -0.25) is 19.2 Å². The van der Waals surface area contributed by atoms with Crippen molar-refractivity contribution < 1.29 is 43.2 Å². The van der Waals surface area contributed by atoms with Crippen LogP contribution in [0.2, 0.25) is 0 Å². The Kier molecular flexibility index (Phi) is 10.1. The van der Waals surface area contributed by atoms with Gasteiger partial charge in [0.05, 0.1) is 52.6 Å². The van der Waals surface area contributed by atoms with Crippen molar-refractivity contribution in [3.05, 3.63) is 79.2 Å². The summed E-state index contributed by atoms with van der Waals surface area (Å²) >= 11 is 0. The monoisotopic (exact) mass is 730 g/mol. The Labute approximate surface area is 309 Å². The average molecular weight is 731 g/mol. The molecular formula is C41H50N2O10. The first kappa shape index (κ1) is 38.5. The Balaban J connectivity index is 1.63. The van der Waals surface area contributed by atoms with Gasteiger partial charge in [0.15, 0.2) is 16.8 Å². The normalized spacial score (nSPS) is 29.1. The average Bonchev–Trinajstić information content (AvgIpc) is 3.08. The molecule has 2 aromatic carbocycles. The number of nitrogens with zero attached hydrogens (tertiary/aromatic N) is 2. The highest BCUT2D eigenvalue weighted by atomic mass is 16.6. The van der Waals surface area contributed by atoms with Gasteiger partial charge in [0.25, 0.3) is 0 Å². The van der Waals surface area contributed by atoms with Crippen molar-refractivity contribution in [1.29, 1.82) is 0 Å². The summed E-state index contributed by atoms with van der Waals surface area (Å²) in [6.45, 7) is 12.1. The van der Waals surface area contributed by atoms with Crippen LogP contribution in [0.1, 0.15) is 121 Å². The third kappa shape index (κ3) is 6.24. The van der Waals surface area contributed by atoms with Crippen molar-refractivity contribution in [1.82, 2.24) is 9.80 Å². The van der Waals surface area contributed by atoms with Crippen molar-refractivity contribution in [3.63, 3.8) is 0 Å². The topological polar surface area (TPSA) is 156 Å². The van der Waals surface area contributed by atoms with Crippen molar-refractivity contribution in [3.8, 4) is 5.75 Å². The number of ketones is 2. The first-order valence-electron chi connectivity index (χ1n) is 18.1. The van der Waals surface area contributed by atoms with E-state index in [9.17, 15) is 24.6 Å². The number of allylic oxidation sites excluding steroid dienone is 2. The maximum Gasteiger partial charge on any atom is 0.303 e. The highest BCUT2D eigenvalue weighted by Gasteiger charge is 2.51. The second-order valence-electron chi connectivity index (χ2n) is 15.5. The van der Waals surface area contributed by atoms with E-state index in [4.69, 9.17) is 18.6 Å². The molecule has 0 spiro atoms. The molecule has 3 aromatic rings. The van der Waals surface area contributed by atoms with Gasteiger partial charge < -0.3 is 38.6 Å². The zero-order valence-electron chi connectivity index (χ0n) is 32.3. The van der Waals surface area contributed by atoms with Crippen LogP contribution in [0.3, 0.4) is 0 Å². The minimum Gasteiger partial charge on any atom is -0.507 e. The lowest BCUT2D eigenvalue weighted by Gasteiger charge is -2.50. The van der Waals surface area contributed by atoms with Gasteiger partial charge in [0, 0.05) is 35.7 Å². The molecular weight excluding hydrogens is 680 g/mol. The fourth-order valence-electron chi connectivity index (χ4n) is 8.39. The summed E-state index contributed by atoms with van der Waals surface area (Å²) in [4.78, 5) is 59.4. The predicted octanol–water partition coefficient (Wildman–Crippen LogP) is 5.25. The number of esters is 1. The van der Waals surface area contributed by atoms with E-state index in [1.807, 2.05) is 44.9 Å². The number of aliphatic hydroxyl groups is 1. The predicted molar refractivity (Wildman–Crippen MR) is 198 cm³/mol. The van der Waals surface area contributed by atoms with E-state index < -0.39 is 65.4 Å². The largest absolute Gasteiger partial charge is 0.507 e. The van der Waals surface area contributed by atoms with Crippen LogP contribution in [0, 0.1) is 6.92 Å². The third-order valence-electron chi connectivity index (χ3n) is 11.7. The van der Waals surface area contributed by atoms with Crippen LogP contribution in [0.4, 0.5) is 0 Å². The molecule has 3 heterocycles. The summed E-state index contributed by atoms with van der Waals surface area (Å²) in [5, 5.41) is 23.5. The van der Waals surface area contributed by atoms with E-state index in [1.54, 1.807) is 46.8 Å². The van der Waals surface area contributed by atoms with Crippen LogP contribution >= 0.6 is 0 Å². The number of hydrogen-bond acceptors (Lipinski definition) is 12. The SMILES string of the molecule is C/C=C(\C)c1cc(=O)c2c(C)cc3c(c2o1)C(=O)c1c(O)c(C2CC(C)(N(C)C)C(OC(C)=O)C(C)O2)cc(C2CC(N(C)C)C(O)C(C)O2)c1C3=O. The second-order valence-corrected chi connectivity index (χ2v) is 15.5. The second kappa shape index (κ2) is 13.9. The zero-order valence-corrected chi connectivity index (χ0v) is 32.3. The van der Waals surface area contributed by atoms with Gasteiger partial charge >= 0.3 is 5.97 Å². The van der Waals surface area contributed by atoms with E-state index in [2.05, 4.69) is 0 Å². The van der Waals surface area contributed by atoms with Crippen LogP contribution in [0.25, 0.3) is 16.5 Å². The number of aryl methyl sites for hydroxylation is 1. The van der Waals surface area contributed by atoms with Crippen LogP contribution in [0.15, 0.2) is 33.5 Å². The summed E-state index contributed by atoms with van der Waals surface area (Å²) in [6.07, 6.45) is -1.99. The Morgan fingerprint density at radius 1 is 0.943 bits per heavy atom. The van der Waals surface area contributed by atoms with Gasteiger partial charge in [-0.25, -0.2) is 0 Å². The van der Waals surface area contributed by atoms with Gasteiger partial charge in [-0.1, -0.05) is 6.08 Å². The van der Waals surface area contributed by atoms with Crippen molar-refractivity contribution >= 4 is 34.1 Å². The number of hydrogen-bond donors (Lipinski definition) is 2. The molecule has 12 heteroatoms. The highest BCUT2D eigenvalue weighted by Crippen LogP contribution is 2.50. The van der Waals surface area contributed by atoms with Crippen molar-refractivity contribution in [2.45, 2.75) is 110 Å². The molecule has 53 heavy (non-hydrogen) atoms.